The van der Waals surface area contributed by atoms with Crippen LogP contribution in [-0.2, 0) is 9.05 Å². The molecule has 0 radical (unpaired) electrons. The van der Waals surface area contributed by atoms with Gasteiger partial charge >= 0.3 is 0 Å². The Kier molecular flexibility index (Phi) is 3.90. The van der Waals surface area contributed by atoms with Crippen LogP contribution in [-0.4, -0.2) is 32.3 Å². The molecular formula is C11H10BrClFNO3S. The Labute approximate surface area is 123 Å². The van der Waals surface area contributed by atoms with E-state index in [0.717, 1.165) is 18.9 Å². The van der Waals surface area contributed by atoms with Crippen LogP contribution in [0.4, 0.5) is 4.39 Å². The van der Waals surface area contributed by atoms with Gasteiger partial charge in [-0.25, -0.2) is 12.8 Å². The second-order valence-electron chi connectivity index (χ2n) is 4.35. The first-order valence-corrected chi connectivity index (χ1v) is 8.53. The third-order valence-corrected chi connectivity index (χ3v) is 4.69. The van der Waals surface area contributed by atoms with Gasteiger partial charge in [-0.15, -0.1) is 0 Å². The van der Waals surface area contributed by atoms with Crippen molar-refractivity contribution in [3.63, 3.8) is 0 Å². The van der Waals surface area contributed by atoms with Crippen molar-refractivity contribution in [2.75, 3.05) is 7.05 Å². The Morgan fingerprint density at radius 1 is 1.47 bits per heavy atom. The highest BCUT2D eigenvalue weighted by atomic mass is 79.9. The average molecular weight is 371 g/mol. The molecule has 1 fully saturated rings. The van der Waals surface area contributed by atoms with Crippen LogP contribution < -0.4 is 0 Å². The van der Waals surface area contributed by atoms with Crippen molar-refractivity contribution < 1.29 is 17.6 Å². The van der Waals surface area contributed by atoms with Crippen molar-refractivity contribution in [1.82, 2.24) is 4.90 Å². The lowest BCUT2D eigenvalue weighted by Crippen LogP contribution is -2.29. The summed E-state index contributed by atoms with van der Waals surface area (Å²) >= 11 is 3.05. The van der Waals surface area contributed by atoms with E-state index < -0.39 is 25.7 Å². The molecule has 0 atom stereocenters. The van der Waals surface area contributed by atoms with Gasteiger partial charge in [0.2, 0.25) is 0 Å². The van der Waals surface area contributed by atoms with E-state index in [1.807, 2.05) is 0 Å². The molecule has 1 aromatic rings. The van der Waals surface area contributed by atoms with Crippen LogP contribution in [0.3, 0.4) is 0 Å². The van der Waals surface area contributed by atoms with Crippen LogP contribution in [0.2, 0.25) is 0 Å². The van der Waals surface area contributed by atoms with Crippen molar-refractivity contribution >= 4 is 41.6 Å². The molecule has 1 amide bonds. The number of amides is 1. The number of nitrogens with zero attached hydrogens (tertiary/aromatic N) is 1. The standard InChI is InChI=1S/C11H10BrClFNO3S/c1-15(7-2-3-7)11(16)8-4-6(12)5-9(10(8)14)19(13,17)18/h4-5,7H,2-3H2,1H3. The highest BCUT2D eigenvalue weighted by Crippen LogP contribution is 2.30. The molecule has 4 nitrogen and oxygen atoms in total. The van der Waals surface area contributed by atoms with Gasteiger partial charge in [0.05, 0.1) is 5.56 Å². The summed E-state index contributed by atoms with van der Waals surface area (Å²) in [6.07, 6.45) is 1.75. The van der Waals surface area contributed by atoms with Crippen LogP contribution in [0.1, 0.15) is 23.2 Å². The van der Waals surface area contributed by atoms with E-state index in [2.05, 4.69) is 15.9 Å². The zero-order valence-electron chi connectivity index (χ0n) is 9.86. The number of rotatable bonds is 3. The Balaban J connectivity index is 2.51. The largest absolute Gasteiger partial charge is 0.339 e. The molecule has 1 saturated carbocycles. The van der Waals surface area contributed by atoms with Crippen molar-refractivity contribution in [3.8, 4) is 0 Å². The lowest BCUT2D eigenvalue weighted by atomic mass is 10.2. The Morgan fingerprint density at radius 3 is 2.53 bits per heavy atom. The molecule has 2 rings (SSSR count). The summed E-state index contributed by atoms with van der Waals surface area (Å²) in [5.74, 6) is -1.67. The van der Waals surface area contributed by atoms with Gasteiger partial charge in [0.25, 0.3) is 15.0 Å². The minimum Gasteiger partial charge on any atom is -0.339 e. The van der Waals surface area contributed by atoms with Gasteiger partial charge in [0.15, 0.2) is 5.82 Å². The second-order valence-corrected chi connectivity index (χ2v) is 7.80. The van der Waals surface area contributed by atoms with E-state index in [0.29, 0.717) is 0 Å². The van der Waals surface area contributed by atoms with Gasteiger partial charge in [0.1, 0.15) is 4.90 Å². The maximum Gasteiger partial charge on any atom is 0.264 e. The number of carbonyl (C=O) groups is 1. The minimum atomic E-state index is -4.25. The molecule has 104 valence electrons. The van der Waals surface area contributed by atoms with Crippen LogP contribution >= 0.6 is 26.6 Å². The molecule has 0 aromatic heterocycles. The SMILES string of the molecule is CN(C(=O)c1cc(Br)cc(S(=O)(=O)Cl)c1F)C1CC1. The third-order valence-electron chi connectivity index (χ3n) is 2.91. The van der Waals surface area contributed by atoms with Crippen molar-refractivity contribution in [2.24, 2.45) is 0 Å². The van der Waals surface area contributed by atoms with E-state index in [4.69, 9.17) is 10.7 Å². The molecular weight excluding hydrogens is 361 g/mol. The Bertz CT molecular complexity index is 646. The topological polar surface area (TPSA) is 54.5 Å². The van der Waals surface area contributed by atoms with Gasteiger partial charge < -0.3 is 4.90 Å². The molecule has 0 saturated heterocycles. The first kappa shape index (κ1) is 14.7. The lowest BCUT2D eigenvalue weighted by Gasteiger charge is -2.17. The lowest BCUT2D eigenvalue weighted by molar-refractivity contribution is 0.0779. The monoisotopic (exact) mass is 369 g/mol. The summed E-state index contributed by atoms with van der Waals surface area (Å²) < 4.78 is 36.9. The van der Waals surface area contributed by atoms with Crippen LogP contribution in [0.5, 0.6) is 0 Å². The Morgan fingerprint density at radius 2 is 2.05 bits per heavy atom. The summed E-state index contributed by atoms with van der Waals surface area (Å²) in [6, 6.07) is 2.38. The zero-order chi connectivity index (χ0) is 14.4. The second kappa shape index (κ2) is 5.03. The van der Waals surface area contributed by atoms with Crippen molar-refractivity contribution in [3.05, 3.63) is 28.0 Å². The number of hydrogen-bond acceptors (Lipinski definition) is 3. The zero-order valence-corrected chi connectivity index (χ0v) is 13.0. The van der Waals surface area contributed by atoms with Gasteiger partial charge in [-0.05, 0) is 25.0 Å². The smallest absolute Gasteiger partial charge is 0.264 e. The summed E-state index contributed by atoms with van der Waals surface area (Å²) in [5.41, 5.74) is -0.303. The van der Waals surface area contributed by atoms with Gasteiger partial charge in [-0.2, -0.15) is 0 Å². The van der Waals surface area contributed by atoms with Gasteiger partial charge in [-0.1, -0.05) is 15.9 Å². The van der Waals surface area contributed by atoms with E-state index >= 15 is 0 Å². The molecule has 1 aromatic carbocycles. The number of benzene rings is 1. The molecule has 0 N–H and O–H groups in total. The minimum absolute atomic E-state index is 0.0990. The van der Waals surface area contributed by atoms with E-state index in [-0.39, 0.29) is 16.1 Å². The number of halogens is 3. The molecule has 0 aliphatic heterocycles. The molecule has 0 bridgehead atoms. The van der Waals surface area contributed by atoms with Gasteiger partial charge in [-0.3, -0.25) is 4.79 Å². The van der Waals surface area contributed by atoms with E-state index in [1.165, 1.54) is 11.0 Å². The van der Waals surface area contributed by atoms with E-state index in [9.17, 15) is 17.6 Å². The summed E-state index contributed by atoms with van der Waals surface area (Å²) in [6.45, 7) is 0. The molecule has 0 spiro atoms. The molecule has 19 heavy (non-hydrogen) atoms. The fraction of sp³-hybridized carbons (Fsp3) is 0.364. The van der Waals surface area contributed by atoms with Crippen LogP contribution in [0.25, 0.3) is 0 Å². The molecule has 0 unspecified atom stereocenters. The molecule has 1 aliphatic carbocycles. The number of carbonyl (C=O) groups excluding carboxylic acids is 1. The molecule has 1 aliphatic rings. The first-order valence-electron chi connectivity index (χ1n) is 5.42. The molecule has 0 heterocycles. The maximum absolute atomic E-state index is 14.1. The summed E-state index contributed by atoms with van der Waals surface area (Å²) in [4.78, 5) is 12.8. The summed E-state index contributed by atoms with van der Waals surface area (Å²) in [5, 5.41) is 0. The van der Waals surface area contributed by atoms with Crippen LogP contribution in [0, 0.1) is 5.82 Å². The summed E-state index contributed by atoms with van der Waals surface area (Å²) in [7, 11) is 2.47. The van der Waals surface area contributed by atoms with Gasteiger partial charge in [0, 0.05) is 28.2 Å². The number of hydrogen-bond donors (Lipinski definition) is 0. The third kappa shape index (κ3) is 3.09. The van der Waals surface area contributed by atoms with Crippen molar-refractivity contribution in [1.29, 1.82) is 0 Å². The average Bonchev–Trinajstić information content (AvgIpc) is 3.12. The first-order chi connectivity index (χ1) is 8.71. The normalized spacial score (nSPS) is 15.4. The highest BCUT2D eigenvalue weighted by molar-refractivity contribution is 9.10. The fourth-order valence-electron chi connectivity index (χ4n) is 1.71. The predicted molar refractivity (Wildman–Crippen MR) is 72.3 cm³/mol. The van der Waals surface area contributed by atoms with Crippen LogP contribution in [0.15, 0.2) is 21.5 Å². The Hall–Kier alpha value is -0.660. The quantitative estimate of drug-likeness (QED) is 0.769. The van der Waals surface area contributed by atoms with E-state index in [1.54, 1.807) is 7.05 Å². The maximum atomic E-state index is 14.1. The fourth-order valence-corrected chi connectivity index (χ4v) is 3.25. The highest BCUT2D eigenvalue weighted by Gasteiger charge is 2.32. The predicted octanol–water partition coefficient (Wildman–Crippen LogP) is 2.75. The molecule has 8 heteroatoms. The van der Waals surface area contributed by atoms with Crippen molar-refractivity contribution in [2.45, 2.75) is 23.8 Å².